The van der Waals surface area contributed by atoms with E-state index in [0.717, 1.165) is 19.4 Å². The van der Waals surface area contributed by atoms with Crippen molar-refractivity contribution in [2.24, 2.45) is 0 Å². The summed E-state index contributed by atoms with van der Waals surface area (Å²) in [5.74, 6) is 0.0663. The fourth-order valence-electron chi connectivity index (χ4n) is 2.33. The first-order chi connectivity index (χ1) is 9.99. The maximum atomic E-state index is 12.0. The predicted molar refractivity (Wildman–Crippen MR) is 88.4 cm³/mol. The Morgan fingerprint density at radius 1 is 1.41 bits per heavy atom. The van der Waals surface area contributed by atoms with Gasteiger partial charge in [0.05, 0.1) is 32.0 Å². The molecule has 22 heavy (non-hydrogen) atoms. The lowest BCUT2D eigenvalue weighted by molar-refractivity contribution is -0.132. The lowest BCUT2D eigenvalue weighted by atomic mass is 10.1. The van der Waals surface area contributed by atoms with Gasteiger partial charge in [-0.1, -0.05) is 0 Å². The third-order valence-electron chi connectivity index (χ3n) is 3.48. The summed E-state index contributed by atoms with van der Waals surface area (Å²) < 4.78 is 10.7. The van der Waals surface area contributed by atoms with Crippen LogP contribution in [0.25, 0.3) is 0 Å². The van der Waals surface area contributed by atoms with Gasteiger partial charge in [-0.25, -0.2) is 0 Å². The zero-order valence-corrected chi connectivity index (χ0v) is 14.7. The minimum absolute atomic E-state index is 0. The minimum atomic E-state index is -0.658. The minimum Gasteiger partial charge on any atom is -0.389 e. The highest BCUT2D eigenvalue weighted by Gasteiger charge is 2.21. The normalized spacial score (nSPS) is 19.0. The van der Waals surface area contributed by atoms with Crippen LogP contribution in [-0.2, 0) is 14.3 Å². The van der Waals surface area contributed by atoms with Crippen LogP contribution in [0.15, 0.2) is 0 Å². The van der Waals surface area contributed by atoms with E-state index in [-0.39, 0.29) is 31.0 Å². The predicted octanol–water partition coefficient (Wildman–Crippen LogP) is 0.811. The molecule has 132 valence electrons. The molecule has 1 aliphatic rings. The van der Waals surface area contributed by atoms with Crippen molar-refractivity contribution in [1.82, 2.24) is 10.2 Å². The Balaban J connectivity index is 0.00000441. The van der Waals surface area contributed by atoms with Crippen LogP contribution in [0.2, 0.25) is 0 Å². The van der Waals surface area contributed by atoms with Gasteiger partial charge >= 0.3 is 0 Å². The first-order valence-electron chi connectivity index (χ1n) is 7.83. The maximum Gasteiger partial charge on any atom is 0.223 e. The lowest BCUT2D eigenvalue weighted by Crippen LogP contribution is -2.39. The number of ether oxygens (including phenoxy) is 2. The highest BCUT2D eigenvalue weighted by Crippen LogP contribution is 2.10. The summed E-state index contributed by atoms with van der Waals surface area (Å²) in [4.78, 5) is 13.6. The van der Waals surface area contributed by atoms with E-state index in [4.69, 9.17) is 9.47 Å². The molecule has 0 radical (unpaired) electrons. The van der Waals surface area contributed by atoms with E-state index >= 15 is 0 Å². The molecule has 0 aliphatic carbocycles. The molecular formula is C15H31ClN2O4. The molecule has 1 amide bonds. The van der Waals surface area contributed by atoms with Gasteiger partial charge in [0.2, 0.25) is 5.91 Å². The largest absolute Gasteiger partial charge is 0.389 e. The van der Waals surface area contributed by atoms with Gasteiger partial charge in [0.25, 0.3) is 0 Å². The number of likely N-dealkylation sites (N-methyl/N-ethyl adjacent to an activating group) is 1. The Bertz CT molecular complexity index is 299. The molecule has 2 N–H and O–H groups in total. The van der Waals surface area contributed by atoms with Gasteiger partial charge in [-0.3, -0.25) is 4.79 Å². The first-order valence-corrected chi connectivity index (χ1v) is 7.83. The first kappa shape index (κ1) is 21.6. The van der Waals surface area contributed by atoms with Crippen LogP contribution in [0.3, 0.4) is 0 Å². The van der Waals surface area contributed by atoms with E-state index < -0.39 is 6.10 Å². The van der Waals surface area contributed by atoms with Gasteiger partial charge in [0.15, 0.2) is 0 Å². The quantitative estimate of drug-likeness (QED) is 0.577. The van der Waals surface area contributed by atoms with E-state index in [2.05, 4.69) is 5.32 Å². The van der Waals surface area contributed by atoms with Crippen LogP contribution in [0.5, 0.6) is 0 Å². The molecule has 0 saturated carbocycles. The molecule has 1 aliphatic heterocycles. The number of amides is 1. The van der Waals surface area contributed by atoms with Crippen molar-refractivity contribution >= 4 is 18.3 Å². The molecule has 0 aromatic rings. The monoisotopic (exact) mass is 338 g/mol. The molecule has 0 aromatic carbocycles. The van der Waals surface area contributed by atoms with Crippen LogP contribution in [0, 0.1) is 0 Å². The summed E-state index contributed by atoms with van der Waals surface area (Å²) >= 11 is 0. The van der Waals surface area contributed by atoms with Crippen LogP contribution >= 0.6 is 12.4 Å². The van der Waals surface area contributed by atoms with E-state index in [1.807, 2.05) is 13.8 Å². The molecule has 1 fully saturated rings. The highest BCUT2D eigenvalue weighted by atomic mass is 35.5. The van der Waals surface area contributed by atoms with Gasteiger partial charge in [0.1, 0.15) is 0 Å². The van der Waals surface area contributed by atoms with Crippen molar-refractivity contribution in [3.63, 3.8) is 0 Å². The van der Waals surface area contributed by atoms with Crippen molar-refractivity contribution in [3.8, 4) is 0 Å². The smallest absolute Gasteiger partial charge is 0.223 e. The Hall–Kier alpha value is -0.400. The second-order valence-corrected chi connectivity index (χ2v) is 5.92. The van der Waals surface area contributed by atoms with Gasteiger partial charge in [0, 0.05) is 26.1 Å². The van der Waals surface area contributed by atoms with Crippen molar-refractivity contribution in [2.75, 3.05) is 40.0 Å². The summed E-state index contributed by atoms with van der Waals surface area (Å²) in [7, 11) is 1.72. The van der Waals surface area contributed by atoms with Gasteiger partial charge in [-0.15, -0.1) is 12.4 Å². The third-order valence-corrected chi connectivity index (χ3v) is 3.48. The second-order valence-electron chi connectivity index (χ2n) is 5.92. The molecular weight excluding hydrogens is 308 g/mol. The number of halogens is 1. The van der Waals surface area contributed by atoms with Gasteiger partial charge < -0.3 is 24.8 Å². The Kier molecular flexibility index (Phi) is 11.9. The van der Waals surface area contributed by atoms with Crippen molar-refractivity contribution < 1.29 is 19.4 Å². The molecule has 1 rings (SSSR count). The average molecular weight is 339 g/mol. The maximum absolute atomic E-state index is 12.0. The molecule has 0 aromatic heterocycles. The van der Waals surface area contributed by atoms with Crippen LogP contribution < -0.4 is 5.32 Å². The van der Waals surface area contributed by atoms with Gasteiger partial charge in [-0.05, 0) is 33.2 Å². The number of rotatable bonds is 10. The molecule has 7 heteroatoms. The van der Waals surface area contributed by atoms with Crippen molar-refractivity contribution in [2.45, 2.75) is 51.4 Å². The molecule has 0 spiro atoms. The number of aliphatic hydroxyl groups is 1. The van der Waals surface area contributed by atoms with Crippen molar-refractivity contribution in [1.29, 1.82) is 0 Å². The van der Waals surface area contributed by atoms with Crippen LogP contribution in [0.4, 0.5) is 0 Å². The van der Waals surface area contributed by atoms with Crippen molar-refractivity contribution in [3.05, 3.63) is 0 Å². The topological polar surface area (TPSA) is 71.0 Å². The number of hydrogen-bond donors (Lipinski definition) is 2. The van der Waals surface area contributed by atoms with E-state index in [0.29, 0.717) is 32.2 Å². The number of carbonyl (C=O) groups is 1. The van der Waals surface area contributed by atoms with Crippen LogP contribution in [-0.4, -0.2) is 74.1 Å². The van der Waals surface area contributed by atoms with E-state index in [1.165, 1.54) is 0 Å². The number of carbonyl (C=O) groups excluding carboxylic acids is 1. The molecule has 6 nitrogen and oxygen atoms in total. The molecule has 1 saturated heterocycles. The Labute approximate surface area is 139 Å². The van der Waals surface area contributed by atoms with Crippen LogP contribution in [0.1, 0.15) is 33.1 Å². The fraction of sp³-hybridized carbons (Fsp3) is 0.933. The summed E-state index contributed by atoms with van der Waals surface area (Å²) in [6.45, 7) is 6.43. The highest BCUT2D eigenvalue weighted by molar-refractivity contribution is 5.85. The summed E-state index contributed by atoms with van der Waals surface area (Å²) in [5.41, 5.74) is 0. The summed E-state index contributed by atoms with van der Waals surface area (Å²) in [6.07, 6.45) is 2.23. The Morgan fingerprint density at radius 3 is 2.73 bits per heavy atom. The lowest BCUT2D eigenvalue weighted by Gasteiger charge is -2.22. The molecule has 2 unspecified atom stereocenters. The zero-order chi connectivity index (χ0) is 15.7. The molecule has 0 bridgehead atoms. The number of nitrogens with one attached hydrogen (secondary N) is 1. The summed E-state index contributed by atoms with van der Waals surface area (Å²) in [5, 5.41) is 13.2. The number of hydrogen-bond acceptors (Lipinski definition) is 5. The van der Waals surface area contributed by atoms with E-state index in [9.17, 15) is 9.90 Å². The number of aliphatic hydroxyl groups excluding tert-OH is 1. The average Bonchev–Trinajstić information content (AvgIpc) is 2.90. The standard InChI is InChI=1S/C15H30N2O4.ClH/c1-12(2)21-8-7-20-11-14(18)10-17(3)15(19)9-13-5-4-6-16-13;/h12-14,16,18H,4-11H2,1-3H3;1H. The molecule has 2 atom stereocenters. The molecule has 1 heterocycles. The third kappa shape index (κ3) is 9.58. The summed E-state index contributed by atoms with van der Waals surface area (Å²) in [6, 6.07) is 0.293. The van der Waals surface area contributed by atoms with E-state index in [1.54, 1.807) is 11.9 Å². The number of nitrogens with zero attached hydrogens (tertiary/aromatic N) is 1. The fourth-order valence-corrected chi connectivity index (χ4v) is 2.33. The SMILES string of the molecule is CC(C)OCCOCC(O)CN(C)C(=O)CC1CCCN1.Cl. The van der Waals surface area contributed by atoms with Gasteiger partial charge in [-0.2, -0.15) is 0 Å². The second kappa shape index (κ2) is 12.1. The zero-order valence-electron chi connectivity index (χ0n) is 13.9. The Morgan fingerprint density at radius 2 is 2.14 bits per heavy atom.